The third-order valence-corrected chi connectivity index (χ3v) is 2.47. The molecule has 0 fully saturated rings. The van der Waals surface area contributed by atoms with Gasteiger partial charge in [0.15, 0.2) is 0 Å². The maximum absolute atomic E-state index is 13.3. The van der Waals surface area contributed by atoms with E-state index in [0.29, 0.717) is 12.6 Å². The Morgan fingerprint density at radius 3 is 2.60 bits per heavy atom. The van der Waals surface area contributed by atoms with Crippen molar-refractivity contribution in [3.63, 3.8) is 0 Å². The summed E-state index contributed by atoms with van der Waals surface area (Å²) in [6, 6.07) is 2.18. The van der Waals surface area contributed by atoms with E-state index >= 15 is 0 Å². The van der Waals surface area contributed by atoms with Crippen molar-refractivity contribution in [3.05, 3.63) is 29.8 Å². The minimum Gasteiger partial charge on any atom is -0.387 e. The van der Waals surface area contributed by atoms with Crippen molar-refractivity contribution in [2.45, 2.75) is 12.5 Å². The fourth-order valence-corrected chi connectivity index (χ4v) is 1.77. The number of anilines is 1. The molecule has 0 aromatic heterocycles. The Kier molecular flexibility index (Phi) is 5.41. The number of urea groups is 1. The Morgan fingerprint density at radius 1 is 1.40 bits per heavy atom. The van der Waals surface area contributed by atoms with Crippen molar-refractivity contribution in [2.75, 3.05) is 32.5 Å². The number of hydrogen-bond donors (Lipinski definition) is 3. The van der Waals surface area contributed by atoms with Crippen LogP contribution in [0, 0.1) is 11.6 Å². The summed E-state index contributed by atoms with van der Waals surface area (Å²) in [7, 11) is 3.59. The van der Waals surface area contributed by atoms with E-state index < -0.39 is 23.3 Å². The molecule has 3 N–H and O–H groups in total. The first-order valence-electron chi connectivity index (χ1n) is 6.07. The lowest BCUT2D eigenvalue weighted by Gasteiger charge is -2.27. The van der Waals surface area contributed by atoms with E-state index in [2.05, 4.69) is 10.6 Å². The van der Waals surface area contributed by atoms with E-state index in [1.165, 1.54) is 0 Å². The molecule has 5 nitrogen and oxygen atoms in total. The summed E-state index contributed by atoms with van der Waals surface area (Å²) in [4.78, 5) is 13.4. The topological polar surface area (TPSA) is 64.6 Å². The highest BCUT2D eigenvalue weighted by Gasteiger charge is 2.22. The molecule has 1 unspecified atom stereocenters. The van der Waals surface area contributed by atoms with Crippen molar-refractivity contribution in [1.82, 2.24) is 10.2 Å². The molecule has 7 heteroatoms. The van der Waals surface area contributed by atoms with E-state index in [9.17, 15) is 18.7 Å². The maximum Gasteiger partial charge on any atom is 0.319 e. The number of benzene rings is 1. The maximum atomic E-state index is 13.3. The highest BCUT2D eigenvalue weighted by atomic mass is 19.1. The van der Waals surface area contributed by atoms with Gasteiger partial charge in [-0.25, -0.2) is 13.6 Å². The summed E-state index contributed by atoms with van der Waals surface area (Å²) in [6.07, 6.45) is 0. The first kappa shape index (κ1) is 16.3. The number of hydrogen-bond acceptors (Lipinski definition) is 3. The van der Waals surface area contributed by atoms with Crippen LogP contribution in [-0.2, 0) is 0 Å². The minimum absolute atomic E-state index is 0.000172. The summed E-state index contributed by atoms with van der Waals surface area (Å²) < 4.78 is 26.0. The lowest BCUT2D eigenvalue weighted by molar-refractivity contribution is 0.0364. The molecular formula is C13H19F2N3O2. The van der Waals surface area contributed by atoms with E-state index in [0.717, 1.165) is 12.1 Å². The Bertz CT molecular complexity index is 479. The number of carbonyl (C=O) groups excluding carboxylic acids is 1. The van der Waals surface area contributed by atoms with Crippen LogP contribution in [0.25, 0.3) is 0 Å². The molecule has 1 aromatic carbocycles. The molecule has 20 heavy (non-hydrogen) atoms. The summed E-state index contributed by atoms with van der Waals surface area (Å²) in [5, 5.41) is 14.7. The lowest BCUT2D eigenvalue weighted by Crippen LogP contribution is -2.48. The Morgan fingerprint density at radius 2 is 2.05 bits per heavy atom. The van der Waals surface area contributed by atoms with Crippen molar-refractivity contribution in [2.24, 2.45) is 0 Å². The van der Waals surface area contributed by atoms with Gasteiger partial charge in [0, 0.05) is 19.2 Å². The van der Waals surface area contributed by atoms with E-state index in [4.69, 9.17) is 0 Å². The Hall–Kier alpha value is -1.73. The molecule has 1 atom stereocenters. The Balaban J connectivity index is 2.52. The van der Waals surface area contributed by atoms with Crippen LogP contribution in [0.3, 0.4) is 0 Å². The molecule has 2 amide bonds. The van der Waals surface area contributed by atoms with Gasteiger partial charge in [0.25, 0.3) is 0 Å². The predicted molar refractivity (Wildman–Crippen MR) is 72.6 cm³/mol. The van der Waals surface area contributed by atoms with Crippen LogP contribution < -0.4 is 10.6 Å². The van der Waals surface area contributed by atoms with E-state index in [-0.39, 0.29) is 12.2 Å². The zero-order valence-corrected chi connectivity index (χ0v) is 11.7. The van der Waals surface area contributed by atoms with Crippen LogP contribution in [0.4, 0.5) is 19.3 Å². The largest absolute Gasteiger partial charge is 0.387 e. The van der Waals surface area contributed by atoms with Gasteiger partial charge in [-0.05, 0) is 33.2 Å². The quantitative estimate of drug-likeness (QED) is 0.767. The van der Waals surface area contributed by atoms with Gasteiger partial charge < -0.3 is 20.6 Å². The summed E-state index contributed by atoms with van der Waals surface area (Å²) in [5.74, 6) is -1.58. The molecule has 0 aliphatic rings. The SMILES string of the molecule is CN(C)CC(C)(O)CNC(=O)Nc1ccc(F)cc1F. The number of nitrogens with zero attached hydrogens (tertiary/aromatic N) is 1. The summed E-state index contributed by atoms with van der Waals surface area (Å²) in [5.41, 5.74) is -1.24. The number of nitrogens with one attached hydrogen (secondary N) is 2. The normalized spacial score (nSPS) is 13.9. The van der Waals surface area contributed by atoms with E-state index in [1.54, 1.807) is 25.9 Å². The average Bonchev–Trinajstić information content (AvgIpc) is 2.29. The minimum atomic E-state index is -1.11. The standard InChI is InChI=1S/C13H19F2N3O2/c1-13(20,8-18(2)3)7-16-12(19)17-11-5-4-9(14)6-10(11)15/h4-6,20H,7-8H2,1-3H3,(H2,16,17,19). The lowest BCUT2D eigenvalue weighted by atomic mass is 10.1. The molecule has 0 aliphatic heterocycles. The summed E-state index contributed by atoms with van der Waals surface area (Å²) >= 11 is 0. The smallest absolute Gasteiger partial charge is 0.319 e. The molecule has 0 saturated heterocycles. The number of carbonyl (C=O) groups is 1. The molecule has 0 bridgehead atoms. The zero-order valence-electron chi connectivity index (χ0n) is 11.7. The predicted octanol–water partition coefficient (Wildman–Crippen LogP) is 1.40. The number of aliphatic hydroxyl groups is 1. The van der Waals surface area contributed by atoms with Crippen LogP contribution in [0.1, 0.15) is 6.92 Å². The second-order valence-electron chi connectivity index (χ2n) is 5.17. The molecular weight excluding hydrogens is 268 g/mol. The van der Waals surface area contributed by atoms with Crippen molar-refractivity contribution in [1.29, 1.82) is 0 Å². The first-order chi connectivity index (χ1) is 9.19. The molecule has 0 saturated carbocycles. The molecule has 0 aliphatic carbocycles. The molecule has 1 aromatic rings. The zero-order chi connectivity index (χ0) is 15.3. The van der Waals surface area contributed by atoms with Crippen LogP contribution in [0.15, 0.2) is 18.2 Å². The van der Waals surface area contributed by atoms with Gasteiger partial charge in [0.05, 0.1) is 11.3 Å². The van der Waals surface area contributed by atoms with Gasteiger partial charge in [-0.2, -0.15) is 0 Å². The monoisotopic (exact) mass is 287 g/mol. The third-order valence-electron chi connectivity index (χ3n) is 2.47. The number of rotatable bonds is 5. The average molecular weight is 287 g/mol. The third kappa shape index (κ3) is 5.50. The van der Waals surface area contributed by atoms with Gasteiger partial charge >= 0.3 is 6.03 Å². The van der Waals surface area contributed by atoms with Crippen LogP contribution in [0.2, 0.25) is 0 Å². The van der Waals surface area contributed by atoms with Crippen molar-refractivity contribution in [3.8, 4) is 0 Å². The van der Waals surface area contributed by atoms with Crippen molar-refractivity contribution < 1.29 is 18.7 Å². The van der Waals surface area contributed by atoms with Gasteiger partial charge in [-0.1, -0.05) is 0 Å². The molecule has 0 heterocycles. The fraction of sp³-hybridized carbons (Fsp3) is 0.462. The van der Waals surface area contributed by atoms with Crippen LogP contribution >= 0.6 is 0 Å². The first-order valence-corrected chi connectivity index (χ1v) is 6.07. The highest BCUT2D eigenvalue weighted by molar-refractivity contribution is 5.89. The molecule has 1 rings (SSSR count). The fourth-order valence-electron chi connectivity index (χ4n) is 1.77. The highest BCUT2D eigenvalue weighted by Crippen LogP contribution is 2.14. The number of likely N-dealkylation sites (N-methyl/N-ethyl adjacent to an activating group) is 1. The number of halogens is 2. The number of amides is 2. The van der Waals surface area contributed by atoms with Crippen LogP contribution in [-0.4, -0.2) is 48.8 Å². The molecule has 0 radical (unpaired) electrons. The molecule has 0 spiro atoms. The van der Waals surface area contributed by atoms with Gasteiger partial charge in [0.1, 0.15) is 11.6 Å². The second-order valence-corrected chi connectivity index (χ2v) is 5.17. The van der Waals surface area contributed by atoms with Gasteiger partial charge in [0.2, 0.25) is 0 Å². The molecule has 112 valence electrons. The Labute approximate surface area is 116 Å². The van der Waals surface area contributed by atoms with Gasteiger partial charge in [-0.3, -0.25) is 0 Å². The van der Waals surface area contributed by atoms with Gasteiger partial charge in [-0.15, -0.1) is 0 Å². The van der Waals surface area contributed by atoms with Crippen molar-refractivity contribution >= 4 is 11.7 Å². The van der Waals surface area contributed by atoms with Crippen LogP contribution in [0.5, 0.6) is 0 Å². The second kappa shape index (κ2) is 6.62. The van der Waals surface area contributed by atoms with E-state index in [1.807, 2.05) is 0 Å². The summed E-state index contributed by atoms with van der Waals surface area (Å²) in [6.45, 7) is 1.93.